The molecule has 0 aliphatic heterocycles. The molecule has 0 aliphatic rings. The summed E-state index contributed by atoms with van der Waals surface area (Å²) < 4.78 is 14.5. The minimum Gasteiger partial charge on any atom is -0.342 e. The zero-order valence-corrected chi connectivity index (χ0v) is 15.5. The van der Waals surface area contributed by atoms with Crippen LogP contribution in [0.2, 0.25) is 0 Å². The van der Waals surface area contributed by atoms with Crippen molar-refractivity contribution in [2.45, 2.75) is 20.0 Å². The number of nitrogens with zero attached hydrogens (tertiary/aromatic N) is 3. The van der Waals surface area contributed by atoms with Crippen molar-refractivity contribution < 1.29 is 14.0 Å². The van der Waals surface area contributed by atoms with Crippen LogP contribution in [0.25, 0.3) is 10.9 Å². The SMILES string of the molecule is CC(=O)N(C)Cc1cccc(NC(=O)Cn2cnc3ccc(F)cc3c2=O)c1. The lowest BCUT2D eigenvalue weighted by Gasteiger charge is -2.15. The van der Waals surface area contributed by atoms with E-state index < -0.39 is 17.3 Å². The van der Waals surface area contributed by atoms with Crippen molar-refractivity contribution in [3.8, 4) is 0 Å². The van der Waals surface area contributed by atoms with Crippen LogP contribution in [0, 0.1) is 5.82 Å². The second-order valence-corrected chi connectivity index (χ2v) is 6.46. The first kappa shape index (κ1) is 19.2. The minimum atomic E-state index is -0.541. The van der Waals surface area contributed by atoms with Gasteiger partial charge >= 0.3 is 0 Å². The second kappa shape index (κ2) is 7.99. The molecule has 2 amide bonds. The Bertz CT molecular complexity index is 1110. The van der Waals surface area contributed by atoms with Crippen molar-refractivity contribution >= 4 is 28.4 Å². The summed E-state index contributed by atoms with van der Waals surface area (Å²) in [5.41, 5.74) is 1.28. The Kier molecular flexibility index (Phi) is 5.49. The quantitative estimate of drug-likeness (QED) is 0.733. The van der Waals surface area contributed by atoms with Crippen LogP contribution in [0.1, 0.15) is 12.5 Å². The van der Waals surface area contributed by atoms with Gasteiger partial charge < -0.3 is 10.2 Å². The topological polar surface area (TPSA) is 84.3 Å². The molecule has 7 nitrogen and oxygen atoms in total. The lowest BCUT2D eigenvalue weighted by atomic mass is 10.2. The molecule has 144 valence electrons. The number of aromatic nitrogens is 2. The van der Waals surface area contributed by atoms with E-state index in [1.54, 1.807) is 30.1 Å². The molecule has 0 saturated carbocycles. The second-order valence-electron chi connectivity index (χ2n) is 6.46. The molecule has 0 spiro atoms. The zero-order valence-electron chi connectivity index (χ0n) is 15.5. The van der Waals surface area contributed by atoms with Gasteiger partial charge in [-0.25, -0.2) is 9.37 Å². The third kappa shape index (κ3) is 4.40. The Balaban J connectivity index is 1.74. The first-order valence-electron chi connectivity index (χ1n) is 8.58. The van der Waals surface area contributed by atoms with Crippen LogP contribution in [0.3, 0.4) is 0 Å². The van der Waals surface area contributed by atoms with E-state index in [4.69, 9.17) is 0 Å². The number of fused-ring (bicyclic) bond motifs is 1. The number of carbonyl (C=O) groups excluding carboxylic acids is 2. The molecule has 1 N–H and O–H groups in total. The van der Waals surface area contributed by atoms with Gasteiger partial charge in [0.2, 0.25) is 11.8 Å². The molecule has 0 saturated heterocycles. The normalized spacial score (nSPS) is 10.7. The average Bonchev–Trinajstić information content (AvgIpc) is 2.64. The summed E-state index contributed by atoms with van der Waals surface area (Å²) in [5, 5.41) is 2.83. The van der Waals surface area contributed by atoms with Gasteiger partial charge in [0.25, 0.3) is 5.56 Å². The van der Waals surface area contributed by atoms with Crippen LogP contribution in [0.5, 0.6) is 0 Å². The van der Waals surface area contributed by atoms with Crippen molar-refractivity contribution in [1.29, 1.82) is 0 Å². The van der Waals surface area contributed by atoms with Crippen molar-refractivity contribution in [2.75, 3.05) is 12.4 Å². The zero-order chi connectivity index (χ0) is 20.3. The van der Waals surface area contributed by atoms with Gasteiger partial charge in [-0.3, -0.25) is 19.0 Å². The third-order valence-corrected chi connectivity index (χ3v) is 4.27. The predicted octanol–water partition coefficient (Wildman–Crippen LogP) is 2.15. The van der Waals surface area contributed by atoms with E-state index in [2.05, 4.69) is 10.3 Å². The van der Waals surface area contributed by atoms with E-state index in [-0.39, 0.29) is 17.8 Å². The summed E-state index contributed by atoms with van der Waals surface area (Å²) in [4.78, 5) is 41.8. The highest BCUT2D eigenvalue weighted by Gasteiger charge is 2.10. The van der Waals surface area contributed by atoms with Crippen molar-refractivity contribution in [2.24, 2.45) is 0 Å². The van der Waals surface area contributed by atoms with E-state index in [0.717, 1.165) is 16.2 Å². The molecule has 0 aliphatic carbocycles. The van der Waals surface area contributed by atoms with E-state index in [9.17, 15) is 18.8 Å². The Labute approximate surface area is 160 Å². The molecule has 0 bridgehead atoms. The van der Waals surface area contributed by atoms with Crippen molar-refractivity contribution in [3.05, 3.63) is 70.5 Å². The molecule has 1 heterocycles. The number of nitrogens with one attached hydrogen (secondary N) is 1. The Hall–Kier alpha value is -3.55. The average molecular weight is 382 g/mol. The van der Waals surface area contributed by atoms with E-state index in [0.29, 0.717) is 17.7 Å². The monoisotopic (exact) mass is 382 g/mol. The summed E-state index contributed by atoms with van der Waals surface area (Å²) >= 11 is 0. The Morgan fingerprint density at radius 1 is 1.21 bits per heavy atom. The Morgan fingerprint density at radius 3 is 2.75 bits per heavy atom. The first-order valence-corrected chi connectivity index (χ1v) is 8.58. The highest BCUT2D eigenvalue weighted by molar-refractivity contribution is 5.90. The van der Waals surface area contributed by atoms with Crippen LogP contribution < -0.4 is 10.9 Å². The smallest absolute Gasteiger partial charge is 0.261 e. The maximum atomic E-state index is 13.4. The number of anilines is 1. The van der Waals surface area contributed by atoms with E-state index >= 15 is 0 Å². The number of amides is 2. The summed E-state index contributed by atoms with van der Waals surface area (Å²) in [6.07, 6.45) is 1.26. The van der Waals surface area contributed by atoms with Crippen LogP contribution >= 0.6 is 0 Å². The van der Waals surface area contributed by atoms with Gasteiger partial charge in [-0.2, -0.15) is 0 Å². The number of carbonyl (C=O) groups is 2. The highest BCUT2D eigenvalue weighted by Crippen LogP contribution is 2.13. The molecule has 28 heavy (non-hydrogen) atoms. The van der Waals surface area contributed by atoms with Gasteiger partial charge in [0, 0.05) is 26.2 Å². The summed E-state index contributed by atoms with van der Waals surface area (Å²) in [6.45, 7) is 1.64. The summed E-state index contributed by atoms with van der Waals surface area (Å²) in [5.74, 6) is -1.02. The maximum absolute atomic E-state index is 13.4. The number of benzene rings is 2. The maximum Gasteiger partial charge on any atom is 0.261 e. The molecular weight excluding hydrogens is 363 g/mol. The molecule has 2 aromatic carbocycles. The molecule has 1 aromatic heterocycles. The lowest BCUT2D eigenvalue weighted by molar-refractivity contribution is -0.128. The fourth-order valence-corrected chi connectivity index (χ4v) is 2.73. The standard InChI is InChI=1S/C20H19FN4O3/c1-13(26)24(2)10-14-4-3-5-16(8-14)23-19(27)11-25-12-22-18-7-6-15(21)9-17(18)20(25)28/h3-9,12H,10-11H2,1-2H3,(H,23,27). The Morgan fingerprint density at radius 2 is 2.00 bits per heavy atom. The molecule has 0 radical (unpaired) electrons. The van der Waals surface area contributed by atoms with Crippen molar-refractivity contribution in [1.82, 2.24) is 14.5 Å². The van der Waals surface area contributed by atoms with Gasteiger partial charge in [-0.05, 0) is 35.9 Å². The van der Waals surface area contributed by atoms with Gasteiger partial charge in [0.15, 0.2) is 0 Å². The number of hydrogen-bond acceptors (Lipinski definition) is 4. The molecule has 0 unspecified atom stereocenters. The number of rotatable bonds is 5. The molecular formula is C20H19FN4O3. The molecule has 3 rings (SSSR count). The van der Waals surface area contributed by atoms with Gasteiger partial charge in [0.1, 0.15) is 12.4 Å². The van der Waals surface area contributed by atoms with Gasteiger partial charge in [0.05, 0.1) is 17.2 Å². The van der Waals surface area contributed by atoms with E-state index in [1.165, 1.54) is 25.4 Å². The van der Waals surface area contributed by atoms with Crippen LogP contribution in [0.15, 0.2) is 53.6 Å². The summed E-state index contributed by atoms with van der Waals surface area (Å²) in [6, 6.07) is 10.8. The largest absolute Gasteiger partial charge is 0.342 e. The molecule has 8 heteroatoms. The molecule has 0 fully saturated rings. The van der Waals surface area contributed by atoms with Gasteiger partial charge in [-0.1, -0.05) is 12.1 Å². The van der Waals surface area contributed by atoms with Gasteiger partial charge in [-0.15, -0.1) is 0 Å². The first-order chi connectivity index (χ1) is 13.3. The predicted molar refractivity (Wildman–Crippen MR) is 103 cm³/mol. The van der Waals surface area contributed by atoms with Crippen molar-refractivity contribution in [3.63, 3.8) is 0 Å². The fraction of sp³-hybridized carbons (Fsp3) is 0.200. The lowest BCUT2D eigenvalue weighted by Crippen LogP contribution is -2.28. The number of hydrogen-bond donors (Lipinski definition) is 1. The van der Waals surface area contributed by atoms with E-state index in [1.807, 2.05) is 6.07 Å². The third-order valence-electron chi connectivity index (χ3n) is 4.27. The number of halogens is 1. The molecule has 0 atom stereocenters. The highest BCUT2D eigenvalue weighted by atomic mass is 19.1. The molecule has 3 aromatic rings. The summed E-state index contributed by atoms with van der Waals surface area (Å²) in [7, 11) is 1.69. The van der Waals surface area contributed by atoms with Crippen LogP contribution in [0.4, 0.5) is 10.1 Å². The van der Waals surface area contributed by atoms with Crippen LogP contribution in [-0.4, -0.2) is 33.3 Å². The fourth-order valence-electron chi connectivity index (χ4n) is 2.73. The van der Waals surface area contributed by atoms with Crippen LogP contribution in [-0.2, 0) is 22.7 Å². The minimum absolute atomic E-state index is 0.0611.